The Morgan fingerprint density at radius 2 is 1.51 bits per heavy atom. The summed E-state index contributed by atoms with van der Waals surface area (Å²) in [7, 11) is -3.53. The first-order valence-corrected chi connectivity index (χ1v) is 16.2. The molecule has 0 spiro atoms. The van der Waals surface area contributed by atoms with E-state index in [1.54, 1.807) is 0 Å². The van der Waals surface area contributed by atoms with Gasteiger partial charge in [-0.05, 0) is 67.6 Å². The summed E-state index contributed by atoms with van der Waals surface area (Å²) in [6.07, 6.45) is 4.72. The van der Waals surface area contributed by atoms with E-state index in [4.69, 9.17) is 0 Å². The number of unbranched alkanes of at least 4 members (excludes halogenated alkanes) is 1. The molecule has 3 aromatic carbocycles. The second-order valence-corrected chi connectivity index (χ2v) is 12.6. The van der Waals surface area contributed by atoms with Crippen molar-refractivity contribution in [3.8, 4) is 0 Å². The van der Waals surface area contributed by atoms with Gasteiger partial charge in [-0.1, -0.05) is 74.0 Å². The Morgan fingerprint density at radius 1 is 0.902 bits per heavy atom. The van der Waals surface area contributed by atoms with Crippen LogP contribution in [-0.2, 0) is 9.84 Å². The molecule has 0 saturated carbocycles. The molecular formula is C32H40N4O4S. The van der Waals surface area contributed by atoms with Crippen molar-refractivity contribution in [2.24, 2.45) is 5.92 Å². The number of hydrogen-bond donors (Lipinski definition) is 3. The minimum absolute atomic E-state index is 0.0285. The Bertz CT molecular complexity index is 1370. The number of rotatable bonds is 11. The molecule has 0 unspecified atom stereocenters. The summed E-state index contributed by atoms with van der Waals surface area (Å²) in [6, 6.07) is 25.0. The SMILES string of the molecule is CCCCNC(=O)Nc1ccc(S(C)(=O)=O)cc1C(=O)NCC1CCN(C(c2ccccc2)c2ccccc2)CC1. The predicted octanol–water partition coefficient (Wildman–Crippen LogP) is 5.24. The lowest BCUT2D eigenvalue weighted by atomic mass is 9.91. The number of likely N-dealkylation sites (tertiary alicyclic amines) is 1. The number of nitrogens with one attached hydrogen (secondary N) is 3. The first-order chi connectivity index (χ1) is 19.8. The number of benzene rings is 3. The van der Waals surface area contributed by atoms with Crippen LogP contribution in [0.15, 0.2) is 83.8 Å². The molecule has 8 nitrogen and oxygen atoms in total. The quantitative estimate of drug-likeness (QED) is 0.271. The van der Waals surface area contributed by atoms with Crippen LogP contribution in [-0.4, -0.2) is 57.7 Å². The molecule has 1 aliphatic heterocycles. The smallest absolute Gasteiger partial charge is 0.319 e. The summed E-state index contributed by atoms with van der Waals surface area (Å²) in [5.74, 6) is -0.123. The van der Waals surface area contributed by atoms with Gasteiger partial charge in [0.1, 0.15) is 0 Å². The molecule has 0 radical (unpaired) electrons. The zero-order chi connectivity index (χ0) is 29.2. The van der Waals surface area contributed by atoms with Crippen LogP contribution in [0.2, 0.25) is 0 Å². The van der Waals surface area contributed by atoms with E-state index >= 15 is 0 Å². The molecule has 3 aromatic rings. The summed E-state index contributed by atoms with van der Waals surface area (Å²) in [5, 5.41) is 8.46. The first-order valence-electron chi connectivity index (χ1n) is 14.3. The number of carbonyl (C=O) groups excluding carboxylic acids is 2. The number of anilines is 1. The maximum atomic E-state index is 13.3. The van der Waals surface area contributed by atoms with Crippen LogP contribution in [0.5, 0.6) is 0 Å². The van der Waals surface area contributed by atoms with Crippen molar-refractivity contribution in [1.82, 2.24) is 15.5 Å². The van der Waals surface area contributed by atoms with Crippen LogP contribution in [0.4, 0.5) is 10.5 Å². The second kappa shape index (κ2) is 14.3. The molecule has 1 saturated heterocycles. The third-order valence-electron chi connectivity index (χ3n) is 7.52. The Hall–Kier alpha value is -3.69. The van der Waals surface area contributed by atoms with Gasteiger partial charge in [-0.15, -0.1) is 0 Å². The molecule has 1 heterocycles. The fourth-order valence-corrected chi connectivity index (χ4v) is 5.88. The molecule has 41 heavy (non-hydrogen) atoms. The van der Waals surface area contributed by atoms with Gasteiger partial charge in [-0.2, -0.15) is 0 Å². The summed E-state index contributed by atoms with van der Waals surface area (Å²) in [6.45, 7) is 4.80. The van der Waals surface area contributed by atoms with Gasteiger partial charge < -0.3 is 16.0 Å². The Labute approximate surface area is 243 Å². The number of amides is 3. The van der Waals surface area contributed by atoms with Crippen molar-refractivity contribution in [3.05, 3.63) is 95.6 Å². The topological polar surface area (TPSA) is 108 Å². The third-order valence-corrected chi connectivity index (χ3v) is 8.63. The average Bonchev–Trinajstić information content (AvgIpc) is 2.97. The lowest BCUT2D eigenvalue weighted by Gasteiger charge is -2.38. The highest BCUT2D eigenvalue weighted by atomic mass is 32.2. The van der Waals surface area contributed by atoms with E-state index < -0.39 is 21.8 Å². The number of carbonyl (C=O) groups is 2. The van der Waals surface area contributed by atoms with E-state index in [0.717, 1.165) is 45.0 Å². The zero-order valence-corrected chi connectivity index (χ0v) is 24.6. The van der Waals surface area contributed by atoms with Gasteiger partial charge in [0.25, 0.3) is 5.91 Å². The van der Waals surface area contributed by atoms with Gasteiger partial charge in [0.05, 0.1) is 22.2 Å². The van der Waals surface area contributed by atoms with Crippen LogP contribution in [0.1, 0.15) is 60.1 Å². The minimum atomic E-state index is -3.53. The molecule has 0 aliphatic carbocycles. The molecule has 3 amide bonds. The molecule has 0 aromatic heterocycles. The maximum absolute atomic E-state index is 13.3. The summed E-state index contributed by atoms with van der Waals surface area (Å²) >= 11 is 0. The fraction of sp³-hybridized carbons (Fsp3) is 0.375. The number of piperidine rings is 1. The molecule has 1 fully saturated rings. The van der Waals surface area contributed by atoms with Crippen LogP contribution < -0.4 is 16.0 Å². The normalized spacial score (nSPS) is 14.5. The van der Waals surface area contributed by atoms with E-state index in [0.29, 0.717) is 13.1 Å². The van der Waals surface area contributed by atoms with Crippen LogP contribution >= 0.6 is 0 Å². The highest BCUT2D eigenvalue weighted by molar-refractivity contribution is 7.90. The summed E-state index contributed by atoms with van der Waals surface area (Å²) in [5.41, 5.74) is 2.92. The van der Waals surface area contributed by atoms with E-state index in [9.17, 15) is 18.0 Å². The van der Waals surface area contributed by atoms with Gasteiger partial charge in [0, 0.05) is 19.3 Å². The highest BCUT2D eigenvalue weighted by Gasteiger charge is 2.28. The number of sulfone groups is 1. The van der Waals surface area contributed by atoms with Crippen molar-refractivity contribution in [2.45, 2.75) is 43.5 Å². The average molecular weight is 577 g/mol. The summed E-state index contributed by atoms with van der Waals surface area (Å²) < 4.78 is 24.4. The molecule has 3 N–H and O–H groups in total. The Kier molecular flexibility index (Phi) is 10.5. The number of hydrogen-bond acceptors (Lipinski definition) is 5. The maximum Gasteiger partial charge on any atom is 0.319 e. The monoisotopic (exact) mass is 576 g/mol. The summed E-state index contributed by atoms with van der Waals surface area (Å²) in [4.78, 5) is 28.2. The molecule has 1 aliphatic rings. The van der Waals surface area contributed by atoms with Gasteiger partial charge in [-0.25, -0.2) is 13.2 Å². The molecule has 0 atom stereocenters. The van der Waals surface area contributed by atoms with E-state index in [1.165, 1.54) is 29.3 Å². The molecule has 0 bridgehead atoms. The predicted molar refractivity (Wildman–Crippen MR) is 163 cm³/mol. The number of nitrogens with zero attached hydrogens (tertiary/aromatic N) is 1. The van der Waals surface area contributed by atoms with E-state index in [2.05, 4.69) is 69.4 Å². The fourth-order valence-electron chi connectivity index (χ4n) is 5.23. The molecule has 218 valence electrons. The second-order valence-electron chi connectivity index (χ2n) is 10.6. The largest absolute Gasteiger partial charge is 0.352 e. The van der Waals surface area contributed by atoms with Gasteiger partial charge >= 0.3 is 6.03 Å². The van der Waals surface area contributed by atoms with Crippen molar-refractivity contribution < 1.29 is 18.0 Å². The zero-order valence-electron chi connectivity index (χ0n) is 23.8. The lowest BCUT2D eigenvalue weighted by Crippen LogP contribution is -2.40. The van der Waals surface area contributed by atoms with Crippen LogP contribution in [0.25, 0.3) is 0 Å². The van der Waals surface area contributed by atoms with Gasteiger partial charge in [0.15, 0.2) is 9.84 Å². The number of urea groups is 1. The standard InChI is InChI=1S/C32H40N4O4S/c1-3-4-19-33-32(38)35-29-16-15-27(41(2,39)40)22-28(29)31(37)34-23-24-17-20-36(21-18-24)30(25-11-7-5-8-12-25)26-13-9-6-10-14-26/h5-16,22,24,30H,3-4,17-21,23H2,1-2H3,(H,34,37)(H2,33,35,38). The van der Waals surface area contributed by atoms with Gasteiger partial charge in [0.2, 0.25) is 0 Å². The highest BCUT2D eigenvalue weighted by Crippen LogP contribution is 2.32. The lowest BCUT2D eigenvalue weighted by molar-refractivity contribution is 0.0931. The van der Waals surface area contributed by atoms with Crippen LogP contribution in [0, 0.1) is 5.92 Å². The first kappa shape index (κ1) is 30.3. The molecular weight excluding hydrogens is 536 g/mol. The van der Waals surface area contributed by atoms with Crippen molar-refractivity contribution in [3.63, 3.8) is 0 Å². The van der Waals surface area contributed by atoms with Crippen molar-refractivity contribution in [2.75, 3.05) is 37.8 Å². The minimum Gasteiger partial charge on any atom is -0.352 e. The van der Waals surface area contributed by atoms with Crippen molar-refractivity contribution in [1.29, 1.82) is 0 Å². The molecule has 4 rings (SSSR count). The van der Waals surface area contributed by atoms with Crippen molar-refractivity contribution >= 4 is 27.5 Å². The van der Waals surface area contributed by atoms with E-state index in [-0.39, 0.29) is 28.1 Å². The Balaban J connectivity index is 1.41. The van der Waals surface area contributed by atoms with Gasteiger partial charge in [-0.3, -0.25) is 9.69 Å². The molecule has 9 heteroatoms. The van der Waals surface area contributed by atoms with Crippen LogP contribution in [0.3, 0.4) is 0 Å². The van der Waals surface area contributed by atoms with E-state index in [1.807, 2.05) is 19.1 Å². The Morgan fingerprint density at radius 3 is 2.07 bits per heavy atom. The third kappa shape index (κ3) is 8.41.